The minimum Gasteiger partial charge on any atom is -0.437 e. The number of nitrogens with zero attached hydrogens (tertiary/aromatic N) is 2. The summed E-state index contributed by atoms with van der Waals surface area (Å²) in [5.41, 5.74) is 1.70. The first kappa shape index (κ1) is 13.9. The second-order valence-corrected chi connectivity index (χ2v) is 6.05. The lowest BCUT2D eigenvalue weighted by Gasteiger charge is -2.09. The minimum absolute atomic E-state index is 0.179. The molecule has 3 heterocycles. The Labute approximate surface area is 140 Å². The van der Waals surface area contributed by atoms with Crippen molar-refractivity contribution in [3.05, 3.63) is 75.2 Å². The maximum Gasteiger partial charge on any atom is 0.260 e. The Balaban J connectivity index is 2.10. The van der Waals surface area contributed by atoms with Crippen LogP contribution in [-0.4, -0.2) is 9.55 Å². The second-order valence-electron chi connectivity index (χ2n) is 6.05. The summed E-state index contributed by atoms with van der Waals surface area (Å²) in [6.45, 7) is 0. The number of benzene rings is 2. The van der Waals surface area contributed by atoms with Gasteiger partial charge in [0.2, 0.25) is 11.1 Å². The summed E-state index contributed by atoms with van der Waals surface area (Å²) in [6, 6.07) is 16.2. The molecule has 0 fully saturated rings. The zero-order valence-electron chi connectivity index (χ0n) is 13.3. The summed E-state index contributed by atoms with van der Waals surface area (Å²) in [4.78, 5) is 30.1. The molecule has 0 saturated heterocycles. The van der Waals surface area contributed by atoms with Crippen molar-refractivity contribution in [2.45, 2.75) is 0 Å². The summed E-state index contributed by atoms with van der Waals surface area (Å²) in [5, 5.41) is 2.06. The second kappa shape index (κ2) is 4.77. The normalized spacial score (nSPS) is 11.7. The van der Waals surface area contributed by atoms with Crippen LogP contribution in [0.25, 0.3) is 43.9 Å². The molecule has 5 heteroatoms. The van der Waals surface area contributed by atoms with Gasteiger partial charge in [0.25, 0.3) is 5.56 Å². The van der Waals surface area contributed by atoms with Crippen LogP contribution in [0.15, 0.2) is 68.6 Å². The molecule has 0 saturated carbocycles. The van der Waals surface area contributed by atoms with Crippen LogP contribution in [0.2, 0.25) is 0 Å². The molecule has 25 heavy (non-hydrogen) atoms. The van der Waals surface area contributed by atoms with Crippen molar-refractivity contribution < 1.29 is 4.42 Å². The molecule has 0 bridgehead atoms. The van der Waals surface area contributed by atoms with E-state index in [1.54, 1.807) is 35.9 Å². The molecular weight excluding hydrogens is 316 g/mol. The molecule has 5 rings (SSSR count). The Bertz CT molecular complexity index is 1440. The fourth-order valence-corrected chi connectivity index (χ4v) is 3.35. The van der Waals surface area contributed by atoms with Crippen LogP contribution in [-0.2, 0) is 7.05 Å². The van der Waals surface area contributed by atoms with Crippen molar-refractivity contribution in [2.24, 2.45) is 7.05 Å². The van der Waals surface area contributed by atoms with E-state index in [-0.39, 0.29) is 16.7 Å². The highest BCUT2D eigenvalue weighted by atomic mass is 16.3. The van der Waals surface area contributed by atoms with Gasteiger partial charge in [0, 0.05) is 12.4 Å². The predicted octanol–water partition coefficient (Wildman–Crippen LogP) is 3.35. The molecule has 5 nitrogen and oxygen atoms in total. The van der Waals surface area contributed by atoms with Gasteiger partial charge in [0.05, 0.1) is 27.2 Å². The fourth-order valence-electron chi connectivity index (χ4n) is 3.35. The lowest BCUT2D eigenvalue weighted by Crippen LogP contribution is -2.18. The van der Waals surface area contributed by atoms with Crippen molar-refractivity contribution in [1.82, 2.24) is 9.55 Å². The topological polar surface area (TPSA) is 65.1 Å². The van der Waals surface area contributed by atoms with E-state index in [1.807, 2.05) is 30.3 Å². The molecule has 120 valence electrons. The lowest BCUT2D eigenvalue weighted by atomic mass is 10.1. The Morgan fingerprint density at radius 3 is 2.44 bits per heavy atom. The third-order valence-electron chi connectivity index (χ3n) is 4.63. The lowest BCUT2D eigenvalue weighted by molar-refractivity contribution is 0.647. The maximum absolute atomic E-state index is 12.8. The molecule has 0 aliphatic carbocycles. The molecule has 0 radical (unpaired) electrons. The molecule has 0 unspecified atom stereocenters. The van der Waals surface area contributed by atoms with Gasteiger partial charge in [0.1, 0.15) is 5.58 Å². The smallest absolute Gasteiger partial charge is 0.260 e. The van der Waals surface area contributed by atoms with Gasteiger partial charge < -0.3 is 8.98 Å². The predicted molar refractivity (Wildman–Crippen MR) is 98.0 cm³/mol. The van der Waals surface area contributed by atoms with Crippen molar-refractivity contribution in [3.63, 3.8) is 0 Å². The van der Waals surface area contributed by atoms with Gasteiger partial charge in [-0.25, -0.2) is 4.98 Å². The highest BCUT2D eigenvalue weighted by Crippen LogP contribution is 2.24. The largest absolute Gasteiger partial charge is 0.437 e. The van der Waals surface area contributed by atoms with Gasteiger partial charge in [-0.05, 0) is 24.3 Å². The van der Waals surface area contributed by atoms with Crippen LogP contribution in [0, 0.1) is 0 Å². The Kier molecular flexibility index (Phi) is 2.65. The van der Waals surface area contributed by atoms with E-state index < -0.39 is 0 Å². The molecule has 5 aromatic rings. The van der Waals surface area contributed by atoms with Crippen LogP contribution in [0.4, 0.5) is 0 Å². The molecule has 0 spiro atoms. The first-order chi connectivity index (χ1) is 12.1. The standard InChI is InChI=1S/C20H12N2O3/c1-22-15-8-4-2-6-11(15)17-13(20(22)24)10-14-18(23)12-7-3-5-9-16(12)25-19(14)21-17/h2-10H,1H3. The molecule has 0 aliphatic heterocycles. The van der Waals surface area contributed by atoms with Crippen LogP contribution in [0.1, 0.15) is 0 Å². The quantitative estimate of drug-likeness (QED) is 0.323. The van der Waals surface area contributed by atoms with Crippen LogP contribution in [0.3, 0.4) is 0 Å². The first-order valence-electron chi connectivity index (χ1n) is 7.89. The van der Waals surface area contributed by atoms with E-state index >= 15 is 0 Å². The number of hydrogen-bond donors (Lipinski definition) is 0. The zero-order chi connectivity index (χ0) is 17.1. The number of pyridine rings is 2. The van der Waals surface area contributed by atoms with Gasteiger partial charge in [-0.2, -0.15) is 0 Å². The average molecular weight is 328 g/mol. The zero-order valence-corrected chi connectivity index (χ0v) is 13.3. The first-order valence-corrected chi connectivity index (χ1v) is 7.89. The third-order valence-corrected chi connectivity index (χ3v) is 4.63. The molecule has 0 aliphatic rings. The SMILES string of the molecule is Cn1c(=O)c2cc3c(=O)c4ccccc4oc3nc2c2ccccc21. The molecule has 0 atom stereocenters. The van der Waals surface area contributed by atoms with Gasteiger partial charge >= 0.3 is 0 Å². The Morgan fingerprint density at radius 1 is 0.880 bits per heavy atom. The number of rotatable bonds is 0. The van der Waals surface area contributed by atoms with Crippen molar-refractivity contribution in [1.29, 1.82) is 0 Å². The van der Waals surface area contributed by atoms with Gasteiger partial charge in [0.15, 0.2) is 0 Å². The number of hydrogen-bond acceptors (Lipinski definition) is 4. The summed E-state index contributed by atoms with van der Waals surface area (Å²) < 4.78 is 7.41. The summed E-state index contributed by atoms with van der Waals surface area (Å²) in [5.74, 6) is 0. The van der Waals surface area contributed by atoms with Crippen LogP contribution >= 0.6 is 0 Å². The van der Waals surface area contributed by atoms with E-state index in [1.165, 1.54) is 0 Å². The van der Waals surface area contributed by atoms with Crippen molar-refractivity contribution >= 4 is 43.9 Å². The van der Waals surface area contributed by atoms with Crippen molar-refractivity contribution in [3.8, 4) is 0 Å². The van der Waals surface area contributed by atoms with Gasteiger partial charge in [-0.15, -0.1) is 0 Å². The third kappa shape index (κ3) is 1.80. The molecule has 0 amide bonds. The number of aryl methyl sites for hydroxylation is 1. The Hall–Kier alpha value is -3.47. The van der Waals surface area contributed by atoms with E-state index in [0.717, 1.165) is 10.9 Å². The number of para-hydroxylation sites is 2. The number of aromatic nitrogens is 2. The van der Waals surface area contributed by atoms with E-state index in [2.05, 4.69) is 4.98 Å². The van der Waals surface area contributed by atoms with E-state index in [0.29, 0.717) is 27.3 Å². The molecule has 2 aromatic carbocycles. The monoisotopic (exact) mass is 328 g/mol. The van der Waals surface area contributed by atoms with Crippen LogP contribution < -0.4 is 11.0 Å². The fraction of sp³-hybridized carbons (Fsp3) is 0.0500. The summed E-state index contributed by atoms with van der Waals surface area (Å²) in [6.07, 6.45) is 0. The highest BCUT2D eigenvalue weighted by molar-refractivity contribution is 6.06. The van der Waals surface area contributed by atoms with Gasteiger partial charge in [-0.3, -0.25) is 9.59 Å². The molecule has 0 N–H and O–H groups in total. The van der Waals surface area contributed by atoms with Crippen LogP contribution in [0.5, 0.6) is 0 Å². The minimum atomic E-state index is -0.185. The van der Waals surface area contributed by atoms with E-state index in [4.69, 9.17) is 4.42 Å². The van der Waals surface area contributed by atoms with Crippen molar-refractivity contribution in [2.75, 3.05) is 0 Å². The van der Waals surface area contributed by atoms with Gasteiger partial charge in [-0.1, -0.05) is 30.3 Å². The number of fused-ring (bicyclic) bond motifs is 5. The highest BCUT2D eigenvalue weighted by Gasteiger charge is 2.14. The average Bonchev–Trinajstić information content (AvgIpc) is 2.65. The maximum atomic E-state index is 12.8. The molecular formula is C20H12N2O3. The van der Waals surface area contributed by atoms with E-state index in [9.17, 15) is 9.59 Å². The Morgan fingerprint density at radius 2 is 1.60 bits per heavy atom. The summed E-state index contributed by atoms with van der Waals surface area (Å²) in [7, 11) is 1.72. The summed E-state index contributed by atoms with van der Waals surface area (Å²) >= 11 is 0. The molecule has 3 aromatic heterocycles.